The van der Waals surface area contributed by atoms with Gasteiger partial charge in [-0.25, -0.2) is 0 Å². The molecule has 0 saturated carbocycles. The van der Waals surface area contributed by atoms with E-state index in [2.05, 4.69) is 5.32 Å². The van der Waals surface area contributed by atoms with Gasteiger partial charge in [-0.1, -0.05) is 59.6 Å². The van der Waals surface area contributed by atoms with Crippen LogP contribution in [0, 0.1) is 0 Å². The molecule has 0 aliphatic carbocycles. The molecule has 4 heteroatoms. The number of benzene rings is 2. The van der Waals surface area contributed by atoms with E-state index in [1.165, 1.54) is 0 Å². The van der Waals surface area contributed by atoms with E-state index in [9.17, 15) is 4.79 Å². The summed E-state index contributed by atoms with van der Waals surface area (Å²) in [5.41, 5.74) is 2.94. The molecule has 0 saturated heterocycles. The average Bonchev–Trinajstić information content (AvgIpc) is 2.41. The zero-order valence-electron chi connectivity index (χ0n) is 9.99. The molecule has 0 unspecified atom stereocenters. The Hall–Kier alpha value is -1.51. The van der Waals surface area contributed by atoms with E-state index in [0.29, 0.717) is 16.5 Å². The summed E-state index contributed by atoms with van der Waals surface area (Å²) in [6.45, 7) is 0. The highest BCUT2D eigenvalue weighted by Crippen LogP contribution is 2.35. The second kappa shape index (κ2) is 4.87. The third-order valence-corrected chi connectivity index (χ3v) is 4.15. The van der Waals surface area contributed by atoms with Crippen molar-refractivity contribution in [1.82, 2.24) is 5.32 Å². The van der Waals surface area contributed by atoms with Gasteiger partial charge in [0.15, 0.2) is 0 Å². The Morgan fingerprint density at radius 1 is 1.00 bits per heavy atom. The standard InChI is InChI=1S/C15H11Cl2NO/c16-12-7-3-6-11(14(12)17)15-10-5-2-1-4-9(10)8-13(19)18-15/h1-7,15H,8H2,(H,18,19)/t15-/m1/s1. The van der Waals surface area contributed by atoms with Crippen LogP contribution in [0.3, 0.4) is 0 Å². The molecule has 2 aromatic rings. The molecule has 0 radical (unpaired) electrons. The summed E-state index contributed by atoms with van der Waals surface area (Å²) in [7, 11) is 0. The van der Waals surface area contributed by atoms with Gasteiger partial charge in [-0.05, 0) is 22.8 Å². The van der Waals surface area contributed by atoms with E-state index < -0.39 is 0 Å². The van der Waals surface area contributed by atoms with Crippen LogP contribution in [0.2, 0.25) is 10.0 Å². The number of hydrogen-bond donors (Lipinski definition) is 1. The first-order valence-corrected chi connectivity index (χ1v) is 6.73. The number of nitrogens with one attached hydrogen (secondary N) is 1. The number of halogens is 2. The fraction of sp³-hybridized carbons (Fsp3) is 0.133. The van der Waals surface area contributed by atoms with Gasteiger partial charge in [0, 0.05) is 0 Å². The molecule has 1 aliphatic rings. The lowest BCUT2D eigenvalue weighted by atomic mass is 9.89. The van der Waals surface area contributed by atoms with Crippen molar-refractivity contribution in [3.63, 3.8) is 0 Å². The molecule has 1 aliphatic heterocycles. The smallest absolute Gasteiger partial charge is 0.225 e. The highest BCUT2D eigenvalue weighted by atomic mass is 35.5. The lowest BCUT2D eigenvalue weighted by Gasteiger charge is -2.27. The maximum absolute atomic E-state index is 11.8. The van der Waals surface area contributed by atoms with Crippen molar-refractivity contribution in [3.8, 4) is 0 Å². The first-order valence-electron chi connectivity index (χ1n) is 5.98. The molecular weight excluding hydrogens is 281 g/mol. The van der Waals surface area contributed by atoms with Crippen molar-refractivity contribution >= 4 is 29.1 Å². The molecule has 2 nitrogen and oxygen atoms in total. The van der Waals surface area contributed by atoms with Crippen molar-refractivity contribution < 1.29 is 4.79 Å². The molecule has 0 aromatic heterocycles. The van der Waals surface area contributed by atoms with Gasteiger partial charge in [0.2, 0.25) is 5.91 Å². The van der Waals surface area contributed by atoms with Crippen molar-refractivity contribution in [2.45, 2.75) is 12.5 Å². The van der Waals surface area contributed by atoms with Crippen molar-refractivity contribution in [2.75, 3.05) is 0 Å². The van der Waals surface area contributed by atoms with Gasteiger partial charge in [0.1, 0.15) is 0 Å². The van der Waals surface area contributed by atoms with Crippen molar-refractivity contribution in [3.05, 3.63) is 69.2 Å². The van der Waals surface area contributed by atoms with Crippen LogP contribution in [0.25, 0.3) is 0 Å². The van der Waals surface area contributed by atoms with Gasteiger partial charge in [-0.15, -0.1) is 0 Å². The lowest BCUT2D eigenvalue weighted by molar-refractivity contribution is -0.121. The second-order valence-electron chi connectivity index (χ2n) is 4.52. The number of amides is 1. The van der Waals surface area contributed by atoms with E-state index in [0.717, 1.165) is 16.7 Å². The molecule has 0 spiro atoms. The SMILES string of the molecule is O=C1Cc2ccccc2[C@H](c2cccc(Cl)c2Cl)N1. The summed E-state index contributed by atoms with van der Waals surface area (Å²) in [6, 6.07) is 13.1. The Morgan fingerprint density at radius 3 is 2.58 bits per heavy atom. The third kappa shape index (κ3) is 2.22. The molecular formula is C15H11Cl2NO. The lowest BCUT2D eigenvalue weighted by Crippen LogP contribution is -2.35. The maximum atomic E-state index is 11.8. The highest BCUT2D eigenvalue weighted by molar-refractivity contribution is 6.42. The number of fused-ring (bicyclic) bond motifs is 1. The summed E-state index contributed by atoms with van der Waals surface area (Å²) >= 11 is 12.3. The quantitative estimate of drug-likeness (QED) is 0.852. The van der Waals surface area contributed by atoms with Gasteiger partial charge in [-0.3, -0.25) is 4.79 Å². The predicted molar refractivity (Wildman–Crippen MR) is 76.6 cm³/mol. The zero-order valence-corrected chi connectivity index (χ0v) is 11.5. The van der Waals surface area contributed by atoms with Crippen LogP contribution in [0.1, 0.15) is 22.7 Å². The minimum absolute atomic E-state index is 0.000239. The fourth-order valence-electron chi connectivity index (χ4n) is 2.43. The van der Waals surface area contributed by atoms with Gasteiger partial charge in [0.25, 0.3) is 0 Å². The summed E-state index contributed by atoms with van der Waals surface area (Å²) in [5.74, 6) is -0.000239. The Bertz CT molecular complexity index is 654. The van der Waals surface area contributed by atoms with Crippen LogP contribution in [0.4, 0.5) is 0 Å². The van der Waals surface area contributed by atoms with Crippen LogP contribution in [-0.2, 0) is 11.2 Å². The van der Waals surface area contributed by atoms with Crippen LogP contribution < -0.4 is 5.32 Å². The largest absolute Gasteiger partial charge is 0.345 e. The van der Waals surface area contributed by atoms with Crippen LogP contribution in [-0.4, -0.2) is 5.91 Å². The zero-order chi connectivity index (χ0) is 13.4. The van der Waals surface area contributed by atoms with Crippen LogP contribution in [0.5, 0.6) is 0 Å². The van der Waals surface area contributed by atoms with E-state index >= 15 is 0 Å². The van der Waals surface area contributed by atoms with Crippen molar-refractivity contribution in [1.29, 1.82) is 0 Å². The molecule has 1 atom stereocenters. The van der Waals surface area contributed by atoms with E-state index in [-0.39, 0.29) is 11.9 Å². The molecule has 0 bridgehead atoms. The maximum Gasteiger partial charge on any atom is 0.225 e. The Morgan fingerprint density at radius 2 is 1.74 bits per heavy atom. The third-order valence-electron chi connectivity index (χ3n) is 3.31. The molecule has 1 heterocycles. The fourth-order valence-corrected chi connectivity index (χ4v) is 2.85. The summed E-state index contributed by atoms with van der Waals surface area (Å²) in [6.07, 6.45) is 0.408. The molecule has 1 amide bonds. The minimum atomic E-state index is -0.233. The van der Waals surface area contributed by atoms with Gasteiger partial charge in [0.05, 0.1) is 22.5 Å². The Kier molecular flexibility index (Phi) is 3.21. The van der Waals surface area contributed by atoms with E-state index in [1.54, 1.807) is 6.07 Å². The van der Waals surface area contributed by atoms with Crippen LogP contribution >= 0.6 is 23.2 Å². The Balaban J connectivity index is 2.15. The minimum Gasteiger partial charge on any atom is -0.345 e. The van der Waals surface area contributed by atoms with E-state index in [1.807, 2.05) is 36.4 Å². The molecule has 19 heavy (non-hydrogen) atoms. The molecule has 96 valence electrons. The number of carbonyl (C=O) groups excluding carboxylic acids is 1. The highest BCUT2D eigenvalue weighted by Gasteiger charge is 2.27. The van der Waals surface area contributed by atoms with E-state index in [4.69, 9.17) is 23.2 Å². The monoisotopic (exact) mass is 291 g/mol. The van der Waals surface area contributed by atoms with Gasteiger partial charge in [-0.2, -0.15) is 0 Å². The molecule has 1 N–H and O–H groups in total. The molecule has 2 aromatic carbocycles. The summed E-state index contributed by atoms with van der Waals surface area (Å²) in [4.78, 5) is 11.8. The van der Waals surface area contributed by atoms with Gasteiger partial charge < -0.3 is 5.32 Å². The second-order valence-corrected chi connectivity index (χ2v) is 5.30. The first-order chi connectivity index (χ1) is 9.16. The van der Waals surface area contributed by atoms with Gasteiger partial charge >= 0.3 is 0 Å². The molecule has 0 fully saturated rings. The number of carbonyl (C=O) groups is 1. The summed E-state index contributed by atoms with van der Waals surface area (Å²) in [5, 5.41) is 3.96. The normalized spacial score (nSPS) is 17.8. The number of hydrogen-bond acceptors (Lipinski definition) is 1. The Labute approximate surface area is 121 Å². The first kappa shape index (κ1) is 12.5. The average molecular weight is 292 g/mol. The predicted octanol–water partition coefficient (Wildman–Crippen LogP) is 3.76. The summed E-state index contributed by atoms with van der Waals surface area (Å²) < 4.78 is 0. The molecule has 3 rings (SSSR count). The van der Waals surface area contributed by atoms with Crippen LogP contribution in [0.15, 0.2) is 42.5 Å². The van der Waals surface area contributed by atoms with Crippen molar-refractivity contribution in [2.24, 2.45) is 0 Å². The number of rotatable bonds is 1. The topological polar surface area (TPSA) is 29.1 Å².